The number of aromatic nitrogens is 1. The standard InChI is InChI=1S/C13H12F3N3/c1-2-17-12-7-8(3-4-18-12)19-9-5-10(14)13(16)11(15)6-9/h3-7H,2H2,1H3,(H2,17,18,19). The summed E-state index contributed by atoms with van der Waals surface area (Å²) >= 11 is 0. The first-order valence-electron chi connectivity index (χ1n) is 5.71. The summed E-state index contributed by atoms with van der Waals surface area (Å²) in [6.07, 6.45) is 1.55. The maximum absolute atomic E-state index is 13.1. The Labute approximate surface area is 108 Å². The molecule has 0 atom stereocenters. The summed E-state index contributed by atoms with van der Waals surface area (Å²) < 4.78 is 38.9. The minimum absolute atomic E-state index is 0.130. The number of hydrogen-bond donors (Lipinski definition) is 2. The van der Waals surface area contributed by atoms with Gasteiger partial charge in [0.1, 0.15) is 5.82 Å². The number of benzene rings is 1. The molecule has 0 fully saturated rings. The fraction of sp³-hybridized carbons (Fsp3) is 0.154. The SMILES string of the molecule is CCNc1cc(Nc2cc(F)c(F)c(F)c2)ccn1. The van der Waals surface area contributed by atoms with Crippen LogP contribution in [-0.2, 0) is 0 Å². The van der Waals surface area contributed by atoms with Gasteiger partial charge in [0.05, 0.1) is 0 Å². The summed E-state index contributed by atoms with van der Waals surface area (Å²) in [6.45, 7) is 2.63. The van der Waals surface area contributed by atoms with Gasteiger partial charge in [0.2, 0.25) is 0 Å². The molecule has 2 rings (SSSR count). The van der Waals surface area contributed by atoms with Gasteiger partial charge in [-0.3, -0.25) is 0 Å². The lowest BCUT2D eigenvalue weighted by atomic mass is 10.2. The lowest BCUT2D eigenvalue weighted by Gasteiger charge is -2.09. The van der Waals surface area contributed by atoms with Crippen molar-refractivity contribution in [3.8, 4) is 0 Å². The van der Waals surface area contributed by atoms with Crippen LogP contribution in [-0.4, -0.2) is 11.5 Å². The van der Waals surface area contributed by atoms with Gasteiger partial charge in [-0.1, -0.05) is 0 Å². The van der Waals surface area contributed by atoms with Gasteiger partial charge in [-0.15, -0.1) is 0 Å². The topological polar surface area (TPSA) is 37.0 Å². The third-order valence-corrected chi connectivity index (χ3v) is 2.39. The normalized spacial score (nSPS) is 10.3. The first-order chi connectivity index (χ1) is 9.10. The van der Waals surface area contributed by atoms with Crippen molar-refractivity contribution in [2.45, 2.75) is 6.92 Å². The van der Waals surface area contributed by atoms with E-state index in [4.69, 9.17) is 0 Å². The molecule has 0 saturated heterocycles. The minimum Gasteiger partial charge on any atom is -0.370 e. The van der Waals surface area contributed by atoms with Crippen LogP contribution in [0.4, 0.5) is 30.4 Å². The van der Waals surface area contributed by atoms with Crippen molar-refractivity contribution < 1.29 is 13.2 Å². The molecule has 1 heterocycles. The maximum atomic E-state index is 13.1. The van der Waals surface area contributed by atoms with Gasteiger partial charge < -0.3 is 10.6 Å². The molecular formula is C13H12F3N3. The van der Waals surface area contributed by atoms with Gasteiger partial charge >= 0.3 is 0 Å². The van der Waals surface area contributed by atoms with Crippen LogP contribution in [0.25, 0.3) is 0 Å². The van der Waals surface area contributed by atoms with Gasteiger partial charge in [-0.25, -0.2) is 18.2 Å². The van der Waals surface area contributed by atoms with Crippen molar-refractivity contribution in [2.24, 2.45) is 0 Å². The Morgan fingerprint density at radius 3 is 2.37 bits per heavy atom. The quantitative estimate of drug-likeness (QED) is 0.830. The molecule has 0 saturated carbocycles. The molecule has 1 aromatic carbocycles. The first kappa shape index (κ1) is 13.2. The molecule has 1 aromatic heterocycles. The summed E-state index contributed by atoms with van der Waals surface area (Å²) in [5.74, 6) is -3.31. The molecule has 3 nitrogen and oxygen atoms in total. The zero-order chi connectivity index (χ0) is 13.8. The zero-order valence-electron chi connectivity index (χ0n) is 10.2. The van der Waals surface area contributed by atoms with Crippen molar-refractivity contribution in [1.29, 1.82) is 0 Å². The Balaban J connectivity index is 2.23. The van der Waals surface area contributed by atoms with E-state index in [9.17, 15) is 13.2 Å². The van der Waals surface area contributed by atoms with E-state index < -0.39 is 17.5 Å². The average molecular weight is 267 g/mol. The largest absolute Gasteiger partial charge is 0.370 e. The van der Waals surface area contributed by atoms with E-state index in [2.05, 4.69) is 15.6 Å². The molecule has 19 heavy (non-hydrogen) atoms. The van der Waals surface area contributed by atoms with Gasteiger partial charge in [0.15, 0.2) is 17.5 Å². The number of pyridine rings is 1. The number of rotatable bonds is 4. The van der Waals surface area contributed by atoms with Crippen LogP contribution in [0.15, 0.2) is 30.5 Å². The van der Waals surface area contributed by atoms with E-state index in [-0.39, 0.29) is 5.69 Å². The number of hydrogen-bond acceptors (Lipinski definition) is 3. The molecule has 0 spiro atoms. The van der Waals surface area contributed by atoms with E-state index in [0.29, 0.717) is 18.1 Å². The van der Waals surface area contributed by atoms with Crippen molar-refractivity contribution in [3.63, 3.8) is 0 Å². The van der Waals surface area contributed by atoms with Crippen LogP contribution in [0.2, 0.25) is 0 Å². The Bertz CT molecular complexity index is 564. The number of nitrogens with zero attached hydrogens (tertiary/aromatic N) is 1. The monoisotopic (exact) mass is 267 g/mol. The predicted molar refractivity (Wildman–Crippen MR) is 68.0 cm³/mol. The Kier molecular flexibility index (Phi) is 3.89. The molecule has 6 heteroatoms. The summed E-state index contributed by atoms with van der Waals surface area (Å²) in [7, 11) is 0. The molecule has 0 amide bonds. The zero-order valence-corrected chi connectivity index (χ0v) is 10.2. The van der Waals surface area contributed by atoms with Crippen LogP contribution in [0.3, 0.4) is 0 Å². The molecule has 0 aliphatic heterocycles. The Hall–Kier alpha value is -2.24. The maximum Gasteiger partial charge on any atom is 0.194 e. The second kappa shape index (κ2) is 5.60. The van der Waals surface area contributed by atoms with Crippen molar-refractivity contribution >= 4 is 17.2 Å². The predicted octanol–water partition coefficient (Wildman–Crippen LogP) is 3.67. The molecule has 0 unspecified atom stereocenters. The van der Waals surface area contributed by atoms with E-state index in [1.165, 1.54) is 0 Å². The van der Waals surface area contributed by atoms with Crippen LogP contribution < -0.4 is 10.6 Å². The van der Waals surface area contributed by atoms with Crippen molar-refractivity contribution in [1.82, 2.24) is 4.98 Å². The minimum atomic E-state index is -1.48. The second-order valence-corrected chi connectivity index (χ2v) is 3.84. The Morgan fingerprint density at radius 1 is 1.05 bits per heavy atom. The van der Waals surface area contributed by atoms with E-state index in [1.54, 1.807) is 18.3 Å². The van der Waals surface area contributed by atoms with Crippen molar-refractivity contribution in [2.75, 3.05) is 17.2 Å². The molecule has 0 aliphatic rings. The number of nitrogens with one attached hydrogen (secondary N) is 2. The summed E-state index contributed by atoms with van der Waals surface area (Å²) in [6, 6.07) is 5.11. The van der Waals surface area contributed by atoms with Crippen LogP contribution in [0.1, 0.15) is 6.92 Å². The smallest absolute Gasteiger partial charge is 0.194 e. The summed E-state index contributed by atoms with van der Waals surface area (Å²) in [4.78, 5) is 4.06. The van der Waals surface area contributed by atoms with E-state index in [1.807, 2.05) is 6.92 Å². The lowest BCUT2D eigenvalue weighted by Crippen LogP contribution is -2.00. The second-order valence-electron chi connectivity index (χ2n) is 3.84. The molecule has 2 N–H and O–H groups in total. The molecular weight excluding hydrogens is 255 g/mol. The first-order valence-corrected chi connectivity index (χ1v) is 5.71. The van der Waals surface area contributed by atoms with Crippen LogP contribution in [0, 0.1) is 17.5 Å². The number of anilines is 3. The van der Waals surface area contributed by atoms with Gasteiger partial charge in [0.25, 0.3) is 0 Å². The fourth-order valence-corrected chi connectivity index (χ4v) is 1.58. The molecule has 2 aromatic rings. The summed E-state index contributed by atoms with van der Waals surface area (Å²) in [5.41, 5.74) is 0.724. The number of halogens is 3. The fourth-order valence-electron chi connectivity index (χ4n) is 1.58. The average Bonchev–Trinajstić information content (AvgIpc) is 2.37. The van der Waals surface area contributed by atoms with Crippen LogP contribution in [0.5, 0.6) is 0 Å². The van der Waals surface area contributed by atoms with Gasteiger partial charge in [-0.05, 0) is 13.0 Å². The highest BCUT2D eigenvalue weighted by Crippen LogP contribution is 2.22. The van der Waals surface area contributed by atoms with E-state index in [0.717, 1.165) is 12.1 Å². The third-order valence-electron chi connectivity index (χ3n) is 2.39. The highest BCUT2D eigenvalue weighted by atomic mass is 19.2. The Morgan fingerprint density at radius 2 is 1.74 bits per heavy atom. The van der Waals surface area contributed by atoms with Gasteiger partial charge in [0, 0.05) is 42.3 Å². The molecule has 0 radical (unpaired) electrons. The lowest BCUT2D eigenvalue weighted by molar-refractivity contribution is 0.448. The van der Waals surface area contributed by atoms with E-state index >= 15 is 0 Å². The highest BCUT2D eigenvalue weighted by molar-refractivity contribution is 5.62. The molecule has 0 aliphatic carbocycles. The van der Waals surface area contributed by atoms with Gasteiger partial charge in [-0.2, -0.15) is 0 Å². The highest BCUT2D eigenvalue weighted by Gasteiger charge is 2.10. The van der Waals surface area contributed by atoms with Crippen molar-refractivity contribution in [3.05, 3.63) is 47.9 Å². The third kappa shape index (κ3) is 3.15. The summed E-state index contributed by atoms with van der Waals surface area (Å²) in [5, 5.41) is 5.79. The molecule has 100 valence electrons. The van der Waals surface area contributed by atoms with Crippen LogP contribution >= 0.6 is 0 Å². The molecule has 0 bridgehead atoms.